The van der Waals surface area contributed by atoms with Crippen molar-refractivity contribution < 1.29 is 14.7 Å². The summed E-state index contributed by atoms with van der Waals surface area (Å²) < 4.78 is 0. The first-order chi connectivity index (χ1) is 13.1. The molecular weight excluding hydrogens is 342 g/mol. The predicted octanol–water partition coefficient (Wildman–Crippen LogP) is 2.97. The third-order valence-electron chi connectivity index (χ3n) is 5.40. The van der Waals surface area contributed by atoms with Crippen LogP contribution in [0.25, 0.3) is 0 Å². The normalized spacial score (nSPS) is 16.7. The van der Waals surface area contributed by atoms with E-state index in [4.69, 9.17) is 0 Å². The maximum absolute atomic E-state index is 13.0. The molecule has 1 saturated heterocycles. The predicted molar refractivity (Wildman–Crippen MR) is 102 cm³/mol. The van der Waals surface area contributed by atoms with E-state index in [9.17, 15) is 14.7 Å². The lowest BCUT2D eigenvalue weighted by molar-refractivity contribution is 0.0696. The minimum Gasteiger partial charge on any atom is -0.478 e. The Morgan fingerprint density at radius 1 is 0.926 bits per heavy atom. The zero-order valence-electron chi connectivity index (χ0n) is 15.2. The van der Waals surface area contributed by atoms with E-state index in [1.165, 1.54) is 12.8 Å². The summed E-state index contributed by atoms with van der Waals surface area (Å²) >= 11 is 0. The Hall–Kier alpha value is -2.89. The fourth-order valence-corrected chi connectivity index (χ4v) is 3.90. The minimum atomic E-state index is -0.943. The number of hydrogen-bond acceptors (Lipinski definition) is 4. The van der Waals surface area contributed by atoms with Crippen molar-refractivity contribution in [3.05, 3.63) is 58.8 Å². The highest BCUT2D eigenvalue weighted by atomic mass is 16.4. The number of carboxylic acid groups (broad SMARTS) is 1. The zero-order valence-corrected chi connectivity index (χ0v) is 15.2. The zero-order chi connectivity index (χ0) is 18.8. The number of rotatable bonds is 3. The van der Waals surface area contributed by atoms with E-state index in [2.05, 4.69) is 9.88 Å². The number of carboxylic acids is 1. The van der Waals surface area contributed by atoms with Gasteiger partial charge in [0.05, 0.1) is 11.1 Å². The molecule has 0 radical (unpaired) electrons. The molecule has 1 fully saturated rings. The molecule has 6 nitrogen and oxygen atoms in total. The topological polar surface area (TPSA) is 73.7 Å². The van der Waals surface area contributed by atoms with Crippen molar-refractivity contribution in [2.24, 2.45) is 0 Å². The molecule has 1 aromatic carbocycles. The number of amides is 1. The van der Waals surface area contributed by atoms with Gasteiger partial charge in [-0.25, -0.2) is 9.78 Å². The van der Waals surface area contributed by atoms with Gasteiger partial charge in [-0.3, -0.25) is 4.79 Å². The van der Waals surface area contributed by atoms with Crippen molar-refractivity contribution in [3.63, 3.8) is 0 Å². The first-order valence-electron chi connectivity index (χ1n) is 9.47. The molecule has 1 aromatic heterocycles. The van der Waals surface area contributed by atoms with Gasteiger partial charge in [-0.2, -0.15) is 0 Å². The van der Waals surface area contributed by atoms with Gasteiger partial charge in [-0.1, -0.05) is 6.07 Å². The molecule has 0 aliphatic carbocycles. The molecule has 0 bridgehead atoms. The van der Waals surface area contributed by atoms with Crippen LogP contribution in [0.15, 0.2) is 36.5 Å². The standard InChI is InChI=1S/C21H23N3O3/c25-20(17-7-8-19(22-13-17)23-9-1-2-10-23)24-11-3-4-15-5-6-16(21(26)27)12-18(15)14-24/h5-8,12-13H,1-4,9-11,14H2,(H,26,27). The molecular formula is C21H23N3O3. The van der Waals surface area contributed by atoms with E-state index in [1.54, 1.807) is 23.2 Å². The molecule has 3 heterocycles. The number of benzene rings is 1. The Kier molecular flexibility index (Phi) is 4.79. The second-order valence-electron chi connectivity index (χ2n) is 7.22. The minimum absolute atomic E-state index is 0.0518. The Morgan fingerprint density at radius 2 is 1.70 bits per heavy atom. The van der Waals surface area contributed by atoms with Crippen molar-refractivity contribution in [1.82, 2.24) is 9.88 Å². The van der Waals surface area contributed by atoms with Crippen molar-refractivity contribution in [1.29, 1.82) is 0 Å². The number of aryl methyl sites for hydroxylation is 1. The second kappa shape index (κ2) is 7.39. The van der Waals surface area contributed by atoms with E-state index < -0.39 is 5.97 Å². The molecule has 140 valence electrons. The van der Waals surface area contributed by atoms with Gasteiger partial charge >= 0.3 is 5.97 Å². The van der Waals surface area contributed by atoms with E-state index in [1.807, 2.05) is 18.2 Å². The highest BCUT2D eigenvalue weighted by molar-refractivity contribution is 5.94. The van der Waals surface area contributed by atoms with Crippen LogP contribution in [0.4, 0.5) is 5.82 Å². The van der Waals surface area contributed by atoms with Crippen LogP contribution >= 0.6 is 0 Å². The fourth-order valence-electron chi connectivity index (χ4n) is 3.90. The van der Waals surface area contributed by atoms with Gasteiger partial charge in [0, 0.05) is 32.4 Å². The lowest BCUT2D eigenvalue weighted by Gasteiger charge is -2.22. The van der Waals surface area contributed by atoms with Crippen LogP contribution in [0.2, 0.25) is 0 Å². The maximum Gasteiger partial charge on any atom is 0.335 e. The van der Waals surface area contributed by atoms with Crippen LogP contribution in [0.1, 0.15) is 51.1 Å². The van der Waals surface area contributed by atoms with E-state index >= 15 is 0 Å². The number of anilines is 1. The SMILES string of the molecule is O=C(O)c1ccc2c(c1)CN(C(=O)c1ccc(N3CCCC3)nc1)CCC2. The van der Waals surface area contributed by atoms with Crippen LogP contribution in [0.3, 0.4) is 0 Å². The average molecular weight is 365 g/mol. The first kappa shape index (κ1) is 17.5. The van der Waals surface area contributed by atoms with Gasteiger partial charge in [-0.05, 0) is 61.1 Å². The molecule has 2 aliphatic heterocycles. The fraction of sp³-hybridized carbons (Fsp3) is 0.381. The second-order valence-corrected chi connectivity index (χ2v) is 7.22. The lowest BCUT2D eigenvalue weighted by atomic mass is 10.0. The maximum atomic E-state index is 13.0. The number of pyridine rings is 1. The third kappa shape index (κ3) is 3.65. The van der Waals surface area contributed by atoms with Crippen LogP contribution in [-0.2, 0) is 13.0 Å². The summed E-state index contributed by atoms with van der Waals surface area (Å²) in [5, 5.41) is 9.23. The molecule has 0 unspecified atom stereocenters. The third-order valence-corrected chi connectivity index (χ3v) is 5.40. The number of aromatic carboxylic acids is 1. The van der Waals surface area contributed by atoms with Crippen LogP contribution in [0.5, 0.6) is 0 Å². The van der Waals surface area contributed by atoms with Gasteiger partial charge in [0.1, 0.15) is 5.82 Å². The molecule has 0 atom stereocenters. The van der Waals surface area contributed by atoms with Crippen molar-refractivity contribution in [2.45, 2.75) is 32.2 Å². The number of aromatic nitrogens is 1. The summed E-state index contributed by atoms with van der Waals surface area (Å²) in [4.78, 5) is 32.7. The molecule has 2 aliphatic rings. The quantitative estimate of drug-likeness (QED) is 0.905. The van der Waals surface area contributed by atoms with Crippen LogP contribution in [-0.4, -0.2) is 46.5 Å². The number of fused-ring (bicyclic) bond motifs is 1. The van der Waals surface area contributed by atoms with Gasteiger partial charge < -0.3 is 14.9 Å². The van der Waals surface area contributed by atoms with E-state index in [0.717, 1.165) is 42.9 Å². The first-order valence-corrected chi connectivity index (χ1v) is 9.47. The summed E-state index contributed by atoms with van der Waals surface area (Å²) in [7, 11) is 0. The van der Waals surface area contributed by atoms with Crippen LogP contribution in [0, 0.1) is 0 Å². The smallest absolute Gasteiger partial charge is 0.335 e. The van der Waals surface area contributed by atoms with Gasteiger partial charge in [-0.15, -0.1) is 0 Å². The molecule has 27 heavy (non-hydrogen) atoms. The van der Waals surface area contributed by atoms with E-state index in [0.29, 0.717) is 18.7 Å². The number of hydrogen-bond donors (Lipinski definition) is 1. The molecule has 4 rings (SSSR count). The number of carbonyl (C=O) groups excluding carboxylic acids is 1. The van der Waals surface area contributed by atoms with E-state index in [-0.39, 0.29) is 11.5 Å². The van der Waals surface area contributed by atoms with Crippen molar-refractivity contribution >= 4 is 17.7 Å². The van der Waals surface area contributed by atoms with Gasteiger partial charge in [0.2, 0.25) is 0 Å². The Bertz CT molecular complexity index is 857. The summed E-state index contributed by atoms with van der Waals surface area (Å²) in [6.45, 7) is 3.14. The molecule has 1 N–H and O–H groups in total. The Balaban J connectivity index is 1.53. The highest BCUT2D eigenvalue weighted by Gasteiger charge is 2.22. The molecule has 0 saturated carbocycles. The summed E-state index contributed by atoms with van der Waals surface area (Å²) in [6.07, 6.45) is 5.76. The van der Waals surface area contributed by atoms with Gasteiger partial charge in [0.15, 0.2) is 0 Å². The summed E-state index contributed by atoms with van der Waals surface area (Å²) in [6, 6.07) is 8.98. The number of carbonyl (C=O) groups is 2. The van der Waals surface area contributed by atoms with Crippen LogP contribution < -0.4 is 4.90 Å². The number of nitrogens with zero attached hydrogens (tertiary/aromatic N) is 3. The molecule has 1 amide bonds. The summed E-state index contributed by atoms with van der Waals surface area (Å²) in [5.74, 6) is -0.0676. The van der Waals surface area contributed by atoms with Gasteiger partial charge in [0.25, 0.3) is 5.91 Å². The monoisotopic (exact) mass is 365 g/mol. The van der Waals surface area contributed by atoms with Crippen molar-refractivity contribution in [3.8, 4) is 0 Å². The Labute approximate surface area is 158 Å². The molecule has 2 aromatic rings. The van der Waals surface area contributed by atoms with Crippen molar-refractivity contribution in [2.75, 3.05) is 24.5 Å². The highest BCUT2D eigenvalue weighted by Crippen LogP contribution is 2.23. The average Bonchev–Trinajstić information content (AvgIpc) is 3.14. The lowest BCUT2D eigenvalue weighted by Crippen LogP contribution is -2.31. The molecule has 6 heteroatoms. The molecule has 0 spiro atoms. The summed E-state index contributed by atoms with van der Waals surface area (Å²) in [5.41, 5.74) is 2.88. The Morgan fingerprint density at radius 3 is 2.41 bits per heavy atom. The largest absolute Gasteiger partial charge is 0.478 e.